The lowest BCUT2D eigenvalue weighted by Gasteiger charge is -2.11. The van der Waals surface area contributed by atoms with Gasteiger partial charge >= 0.3 is 6.03 Å². The summed E-state index contributed by atoms with van der Waals surface area (Å²) >= 11 is 0. The Morgan fingerprint density at radius 2 is 2.40 bits per heavy atom. The molecule has 0 aromatic rings. The summed E-state index contributed by atoms with van der Waals surface area (Å²) < 4.78 is 0. The summed E-state index contributed by atoms with van der Waals surface area (Å²) in [4.78, 5) is 14.5. The molecule has 0 aromatic heterocycles. The third-order valence-electron chi connectivity index (χ3n) is 1.89. The smallest absolute Gasteiger partial charge is 0.323 e. The van der Waals surface area contributed by atoms with Gasteiger partial charge in [-0.25, -0.2) is 4.79 Å². The zero-order valence-corrected chi connectivity index (χ0v) is 6.37. The summed E-state index contributed by atoms with van der Waals surface area (Å²) in [5.41, 5.74) is 0. The van der Waals surface area contributed by atoms with Crippen LogP contribution in [0, 0.1) is 0 Å². The van der Waals surface area contributed by atoms with Crippen molar-refractivity contribution in [3.63, 3.8) is 0 Å². The molecule has 3 heteroatoms. The van der Waals surface area contributed by atoms with Crippen LogP contribution in [0.3, 0.4) is 0 Å². The van der Waals surface area contributed by atoms with E-state index >= 15 is 0 Å². The van der Waals surface area contributed by atoms with Gasteiger partial charge in [0.15, 0.2) is 0 Å². The predicted octanol–water partition coefficient (Wildman–Crippen LogP) is 0.886. The molecule has 1 aliphatic heterocycles. The van der Waals surface area contributed by atoms with E-state index in [1.54, 1.807) is 23.0 Å². The van der Waals surface area contributed by atoms with Gasteiger partial charge in [-0.2, -0.15) is 0 Å². The summed E-state index contributed by atoms with van der Waals surface area (Å²) in [5.74, 6) is 0. The molecule has 3 nitrogen and oxygen atoms in total. The van der Waals surface area contributed by atoms with E-state index < -0.39 is 0 Å². The molecule has 0 spiro atoms. The van der Waals surface area contributed by atoms with Crippen molar-refractivity contribution in [2.45, 2.75) is 13.0 Å². The van der Waals surface area contributed by atoms with E-state index in [4.69, 9.17) is 0 Å². The van der Waals surface area contributed by atoms with Gasteiger partial charge in [0.1, 0.15) is 0 Å². The number of likely N-dealkylation sites (N-methyl/N-ethyl adjacent to an activating group) is 1. The van der Waals surface area contributed by atoms with Gasteiger partial charge in [-0.1, -0.05) is 6.58 Å². The molecule has 0 N–H and O–H groups in total. The van der Waals surface area contributed by atoms with Crippen LogP contribution in [-0.2, 0) is 0 Å². The zero-order valence-electron chi connectivity index (χ0n) is 6.37. The van der Waals surface area contributed by atoms with Crippen molar-refractivity contribution >= 4 is 6.03 Å². The molecule has 0 saturated carbocycles. The van der Waals surface area contributed by atoms with Gasteiger partial charge in [-0.3, -0.25) is 4.90 Å². The highest BCUT2D eigenvalue weighted by molar-refractivity contribution is 5.77. The molecule has 0 aliphatic carbocycles. The monoisotopic (exact) mass is 140 g/mol. The van der Waals surface area contributed by atoms with Crippen LogP contribution in [0.15, 0.2) is 12.8 Å². The van der Waals surface area contributed by atoms with Crippen LogP contribution in [0.5, 0.6) is 0 Å². The maximum absolute atomic E-state index is 11.1. The van der Waals surface area contributed by atoms with Crippen LogP contribution < -0.4 is 0 Å². The highest BCUT2D eigenvalue weighted by Crippen LogP contribution is 2.12. The van der Waals surface area contributed by atoms with Gasteiger partial charge in [0, 0.05) is 25.8 Å². The summed E-state index contributed by atoms with van der Waals surface area (Å²) in [5, 5.41) is 0. The van der Waals surface area contributed by atoms with Gasteiger partial charge in [0.25, 0.3) is 0 Å². The number of hydrogen-bond acceptors (Lipinski definition) is 1. The fourth-order valence-electron chi connectivity index (χ4n) is 1.03. The van der Waals surface area contributed by atoms with E-state index in [1.165, 1.54) is 0 Å². The Bertz CT molecular complexity index is 167. The van der Waals surface area contributed by atoms with Crippen LogP contribution in [-0.4, -0.2) is 35.5 Å². The van der Waals surface area contributed by atoms with Gasteiger partial charge in [-0.05, 0) is 6.92 Å². The van der Waals surface area contributed by atoms with Crippen molar-refractivity contribution in [3.8, 4) is 0 Å². The molecule has 0 bridgehead atoms. The molecule has 1 aliphatic rings. The molecule has 1 saturated heterocycles. The van der Waals surface area contributed by atoms with E-state index in [0.717, 1.165) is 6.54 Å². The number of amides is 2. The molecule has 10 heavy (non-hydrogen) atoms. The molecule has 1 unspecified atom stereocenters. The summed E-state index contributed by atoms with van der Waals surface area (Å²) in [6.45, 7) is 6.32. The number of rotatable bonds is 1. The first-order valence-electron chi connectivity index (χ1n) is 3.33. The minimum Gasteiger partial charge on any atom is -0.323 e. The second-order valence-corrected chi connectivity index (χ2v) is 2.58. The van der Waals surface area contributed by atoms with Crippen LogP contribution in [0.4, 0.5) is 4.79 Å². The average molecular weight is 140 g/mol. The van der Waals surface area contributed by atoms with E-state index in [2.05, 4.69) is 6.58 Å². The zero-order chi connectivity index (χ0) is 7.72. The molecular weight excluding hydrogens is 128 g/mol. The summed E-state index contributed by atoms with van der Waals surface area (Å²) in [6, 6.07) is 0.355. The Morgan fingerprint density at radius 3 is 2.60 bits per heavy atom. The Labute approximate surface area is 60.9 Å². The van der Waals surface area contributed by atoms with Crippen molar-refractivity contribution in [1.82, 2.24) is 9.80 Å². The molecule has 0 radical (unpaired) electrons. The van der Waals surface area contributed by atoms with Crippen molar-refractivity contribution in [2.75, 3.05) is 13.6 Å². The maximum atomic E-state index is 11.1. The third-order valence-corrected chi connectivity index (χ3v) is 1.89. The molecule has 56 valence electrons. The standard InChI is InChI=1S/C7H12N2O/c1-4-9-5-6(2)8(3)7(9)10/h4,6H,1,5H2,2-3H3. The van der Waals surface area contributed by atoms with Crippen molar-refractivity contribution < 1.29 is 4.79 Å². The first-order chi connectivity index (χ1) is 4.66. The molecule has 0 aromatic carbocycles. The molecule has 1 heterocycles. The van der Waals surface area contributed by atoms with Crippen LogP contribution in [0.2, 0.25) is 0 Å². The molecule has 1 rings (SSSR count). The number of carbonyl (C=O) groups excluding carboxylic acids is 1. The SMILES string of the molecule is C=CN1CC(C)N(C)C1=O. The number of hydrogen-bond donors (Lipinski definition) is 0. The lowest BCUT2D eigenvalue weighted by Crippen LogP contribution is -2.27. The number of urea groups is 1. The van der Waals surface area contributed by atoms with Gasteiger partial charge in [-0.15, -0.1) is 0 Å². The van der Waals surface area contributed by atoms with Crippen molar-refractivity contribution in [2.24, 2.45) is 0 Å². The quantitative estimate of drug-likeness (QED) is 0.530. The van der Waals surface area contributed by atoms with E-state index in [9.17, 15) is 4.79 Å². The summed E-state index contributed by atoms with van der Waals surface area (Å²) in [6.07, 6.45) is 1.57. The number of nitrogens with zero attached hydrogens (tertiary/aromatic N) is 2. The van der Waals surface area contributed by atoms with Gasteiger partial charge in [0.05, 0.1) is 0 Å². The maximum Gasteiger partial charge on any atom is 0.324 e. The second-order valence-electron chi connectivity index (χ2n) is 2.58. The molecular formula is C7H12N2O. The Hall–Kier alpha value is -0.990. The van der Waals surface area contributed by atoms with Gasteiger partial charge in [0.2, 0.25) is 0 Å². The minimum atomic E-state index is 0.0440. The molecule has 1 fully saturated rings. The van der Waals surface area contributed by atoms with Crippen molar-refractivity contribution in [1.29, 1.82) is 0 Å². The fourth-order valence-corrected chi connectivity index (χ4v) is 1.03. The van der Waals surface area contributed by atoms with Crippen LogP contribution >= 0.6 is 0 Å². The van der Waals surface area contributed by atoms with Crippen LogP contribution in [0.25, 0.3) is 0 Å². The lowest BCUT2D eigenvalue weighted by atomic mass is 10.3. The predicted molar refractivity (Wildman–Crippen MR) is 39.5 cm³/mol. The highest BCUT2D eigenvalue weighted by Gasteiger charge is 2.29. The normalized spacial score (nSPS) is 25.8. The Kier molecular flexibility index (Phi) is 1.66. The van der Waals surface area contributed by atoms with Crippen LogP contribution in [0.1, 0.15) is 6.92 Å². The number of carbonyl (C=O) groups is 1. The summed E-state index contributed by atoms with van der Waals surface area (Å²) in [7, 11) is 1.80. The third kappa shape index (κ3) is 0.875. The first kappa shape index (κ1) is 7.12. The van der Waals surface area contributed by atoms with Gasteiger partial charge < -0.3 is 4.90 Å². The van der Waals surface area contributed by atoms with E-state index in [1.807, 2.05) is 6.92 Å². The van der Waals surface area contributed by atoms with E-state index in [-0.39, 0.29) is 6.03 Å². The molecule has 1 atom stereocenters. The molecule has 2 amide bonds. The Morgan fingerprint density at radius 1 is 1.80 bits per heavy atom. The largest absolute Gasteiger partial charge is 0.324 e. The first-order valence-corrected chi connectivity index (χ1v) is 3.33. The second kappa shape index (κ2) is 2.33. The van der Waals surface area contributed by atoms with E-state index in [0.29, 0.717) is 6.04 Å². The average Bonchev–Trinajstić information content (AvgIpc) is 2.17. The fraction of sp³-hybridized carbons (Fsp3) is 0.571. The lowest BCUT2D eigenvalue weighted by molar-refractivity contribution is 0.205. The Balaban J connectivity index is 2.70. The topological polar surface area (TPSA) is 23.6 Å². The van der Waals surface area contributed by atoms with Crippen molar-refractivity contribution in [3.05, 3.63) is 12.8 Å². The minimum absolute atomic E-state index is 0.0440. The highest BCUT2D eigenvalue weighted by atomic mass is 16.2.